The zero-order valence-electron chi connectivity index (χ0n) is 15.4. The van der Waals surface area contributed by atoms with Crippen molar-refractivity contribution in [3.63, 3.8) is 0 Å². The number of ether oxygens (including phenoxy) is 1. The Morgan fingerprint density at radius 2 is 2.04 bits per heavy atom. The summed E-state index contributed by atoms with van der Waals surface area (Å²) in [6.07, 6.45) is 2.03. The molecule has 0 saturated carbocycles. The Morgan fingerprint density at radius 1 is 1.38 bits per heavy atom. The topological polar surface area (TPSA) is 68.2 Å². The maximum absolute atomic E-state index is 11.7. The second-order valence-electron chi connectivity index (χ2n) is 7.22. The van der Waals surface area contributed by atoms with Gasteiger partial charge in [0.2, 0.25) is 0 Å². The van der Waals surface area contributed by atoms with Gasteiger partial charge >= 0.3 is 6.09 Å². The number of hydrogen-bond donors (Lipinski definition) is 2. The summed E-state index contributed by atoms with van der Waals surface area (Å²) in [5, 5.41) is 11.5. The molecule has 2 rings (SSSR count). The number of nitrogens with zero attached hydrogens (tertiary/aromatic N) is 2. The predicted octanol–water partition coefficient (Wildman–Crippen LogP) is 2.87. The van der Waals surface area contributed by atoms with Gasteiger partial charge in [-0.25, -0.2) is 4.79 Å². The molecule has 1 amide bonds. The highest BCUT2D eigenvalue weighted by Crippen LogP contribution is 2.33. The van der Waals surface area contributed by atoms with E-state index in [0.717, 1.165) is 18.8 Å². The predicted molar refractivity (Wildman–Crippen MR) is 97.7 cm³/mol. The Bertz CT molecular complexity index is 560. The summed E-state index contributed by atoms with van der Waals surface area (Å²) in [5.41, 5.74) is 1.79. The summed E-state index contributed by atoms with van der Waals surface area (Å²) < 4.78 is 7.23. The van der Waals surface area contributed by atoms with Gasteiger partial charge in [0.25, 0.3) is 0 Å². The second kappa shape index (κ2) is 8.25. The van der Waals surface area contributed by atoms with Gasteiger partial charge in [-0.15, -0.1) is 11.8 Å². The first-order chi connectivity index (χ1) is 11.3. The fourth-order valence-corrected chi connectivity index (χ4v) is 4.02. The maximum Gasteiger partial charge on any atom is 0.407 e. The fraction of sp³-hybridized carbons (Fsp3) is 0.765. The first-order valence-electron chi connectivity index (χ1n) is 8.64. The molecule has 1 aliphatic rings. The first kappa shape index (κ1) is 19.1. The van der Waals surface area contributed by atoms with Gasteiger partial charge in [-0.3, -0.25) is 4.68 Å². The SMILES string of the molecule is Cc1nn(CCNC(=O)OC(C)(C)C)c(C)c1SC1CCNCC1. The molecule has 1 saturated heterocycles. The van der Waals surface area contributed by atoms with E-state index < -0.39 is 5.60 Å². The standard InChI is InChI=1S/C17H30N4O2S/c1-12-15(24-14-6-8-18-9-7-14)13(2)21(20-12)11-10-19-16(22)23-17(3,4)5/h14,18H,6-11H2,1-5H3,(H,19,22). The minimum atomic E-state index is -0.471. The number of thioether (sulfide) groups is 1. The van der Waals surface area contributed by atoms with Gasteiger partial charge in [0.15, 0.2) is 0 Å². The summed E-state index contributed by atoms with van der Waals surface area (Å²) in [6.45, 7) is 13.1. The van der Waals surface area contributed by atoms with E-state index in [1.54, 1.807) is 0 Å². The lowest BCUT2D eigenvalue weighted by Gasteiger charge is -2.22. The van der Waals surface area contributed by atoms with Crippen LogP contribution in [-0.2, 0) is 11.3 Å². The lowest BCUT2D eigenvalue weighted by Crippen LogP contribution is -2.34. The zero-order valence-corrected chi connectivity index (χ0v) is 16.3. The van der Waals surface area contributed by atoms with E-state index in [0.29, 0.717) is 18.3 Å². The van der Waals surface area contributed by atoms with Gasteiger partial charge in [-0.2, -0.15) is 5.10 Å². The molecule has 0 spiro atoms. The van der Waals surface area contributed by atoms with Gasteiger partial charge in [0.05, 0.1) is 17.1 Å². The molecule has 1 aromatic heterocycles. The molecule has 2 heterocycles. The van der Waals surface area contributed by atoms with Crippen LogP contribution in [0.15, 0.2) is 4.90 Å². The number of aromatic nitrogens is 2. The third-order valence-electron chi connectivity index (χ3n) is 3.88. The minimum absolute atomic E-state index is 0.381. The van der Waals surface area contributed by atoms with E-state index in [4.69, 9.17) is 4.74 Å². The zero-order chi connectivity index (χ0) is 17.7. The highest BCUT2D eigenvalue weighted by atomic mass is 32.2. The molecule has 0 radical (unpaired) electrons. The molecule has 1 aliphatic heterocycles. The molecular formula is C17H30N4O2S. The quantitative estimate of drug-likeness (QED) is 0.851. The molecule has 2 N–H and O–H groups in total. The van der Waals surface area contributed by atoms with Crippen LogP contribution in [0, 0.1) is 13.8 Å². The van der Waals surface area contributed by atoms with Crippen molar-refractivity contribution in [3.05, 3.63) is 11.4 Å². The average Bonchev–Trinajstić information content (AvgIpc) is 2.74. The summed E-state index contributed by atoms with van der Waals surface area (Å²) in [6, 6.07) is 0. The van der Waals surface area contributed by atoms with Crippen molar-refractivity contribution in [2.24, 2.45) is 0 Å². The molecule has 0 unspecified atom stereocenters. The van der Waals surface area contributed by atoms with Crippen LogP contribution in [0.2, 0.25) is 0 Å². The third-order valence-corrected chi connectivity index (χ3v) is 5.51. The smallest absolute Gasteiger partial charge is 0.407 e. The van der Waals surface area contributed by atoms with Crippen molar-refractivity contribution >= 4 is 17.9 Å². The summed E-state index contributed by atoms with van der Waals surface area (Å²) >= 11 is 1.95. The molecule has 0 aliphatic carbocycles. The van der Waals surface area contributed by atoms with Crippen LogP contribution in [0.25, 0.3) is 0 Å². The Hall–Kier alpha value is -1.21. The maximum atomic E-state index is 11.7. The van der Waals surface area contributed by atoms with Gasteiger partial charge in [-0.05, 0) is 60.5 Å². The van der Waals surface area contributed by atoms with E-state index in [9.17, 15) is 4.79 Å². The van der Waals surface area contributed by atoms with Crippen molar-refractivity contribution in [2.75, 3.05) is 19.6 Å². The molecule has 1 aromatic rings. The van der Waals surface area contributed by atoms with E-state index in [1.807, 2.05) is 37.2 Å². The monoisotopic (exact) mass is 354 g/mol. The molecule has 7 heteroatoms. The Morgan fingerprint density at radius 3 is 2.67 bits per heavy atom. The first-order valence-corrected chi connectivity index (χ1v) is 9.52. The lowest BCUT2D eigenvalue weighted by atomic mass is 10.2. The summed E-state index contributed by atoms with van der Waals surface area (Å²) in [4.78, 5) is 13.0. The molecule has 136 valence electrons. The number of carbonyl (C=O) groups excluding carboxylic acids is 1. The van der Waals surface area contributed by atoms with Crippen molar-refractivity contribution in [1.29, 1.82) is 0 Å². The molecule has 24 heavy (non-hydrogen) atoms. The highest BCUT2D eigenvalue weighted by Gasteiger charge is 2.20. The number of nitrogens with one attached hydrogen (secondary N) is 2. The van der Waals surface area contributed by atoms with Crippen LogP contribution in [0.4, 0.5) is 4.79 Å². The molecule has 0 atom stereocenters. The highest BCUT2D eigenvalue weighted by molar-refractivity contribution is 8.00. The Balaban J connectivity index is 1.87. The van der Waals surface area contributed by atoms with Crippen LogP contribution >= 0.6 is 11.8 Å². The van der Waals surface area contributed by atoms with Gasteiger partial charge in [-0.1, -0.05) is 0 Å². The Kier molecular flexibility index (Phi) is 6.57. The van der Waals surface area contributed by atoms with Crippen LogP contribution in [0.5, 0.6) is 0 Å². The summed E-state index contributed by atoms with van der Waals surface area (Å²) in [5.74, 6) is 0. The van der Waals surface area contributed by atoms with Gasteiger partial charge in [0.1, 0.15) is 5.60 Å². The number of piperidine rings is 1. The fourth-order valence-electron chi connectivity index (χ4n) is 2.73. The van der Waals surface area contributed by atoms with E-state index in [1.165, 1.54) is 23.4 Å². The van der Waals surface area contributed by atoms with Crippen LogP contribution < -0.4 is 10.6 Å². The van der Waals surface area contributed by atoms with Crippen LogP contribution in [0.1, 0.15) is 45.0 Å². The molecule has 6 nitrogen and oxygen atoms in total. The number of carbonyl (C=O) groups is 1. The molecule has 0 aromatic carbocycles. The second-order valence-corrected chi connectivity index (χ2v) is 8.53. The van der Waals surface area contributed by atoms with E-state index in [2.05, 4.69) is 29.6 Å². The summed E-state index contributed by atoms with van der Waals surface area (Å²) in [7, 11) is 0. The van der Waals surface area contributed by atoms with Gasteiger partial charge < -0.3 is 15.4 Å². The lowest BCUT2D eigenvalue weighted by molar-refractivity contribution is 0.0525. The normalized spacial score (nSPS) is 16.2. The Labute approximate surface area is 149 Å². The number of hydrogen-bond acceptors (Lipinski definition) is 5. The molecule has 0 bridgehead atoms. The molecular weight excluding hydrogens is 324 g/mol. The van der Waals surface area contributed by atoms with E-state index in [-0.39, 0.29) is 6.09 Å². The van der Waals surface area contributed by atoms with Gasteiger partial charge in [0, 0.05) is 17.5 Å². The van der Waals surface area contributed by atoms with Crippen LogP contribution in [-0.4, -0.2) is 46.4 Å². The van der Waals surface area contributed by atoms with Crippen molar-refractivity contribution in [1.82, 2.24) is 20.4 Å². The minimum Gasteiger partial charge on any atom is -0.444 e. The number of amides is 1. The number of rotatable bonds is 5. The third kappa shape index (κ3) is 5.70. The molecule has 1 fully saturated rings. The van der Waals surface area contributed by atoms with Crippen LogP contribution in [0.3, 0.4) is 0 Å². The number of alkyl carbamates (subject to hydrolysis) is 1. The largest absolute Gasteiger partial charge is 0.444 e. The van der Waals surface area contributed by atoms with Crippen molar-refractivity contribution in [2.45, 2.75) is 69.8 Å². The average molecular weight is 355 g/mol. The number of aryl methyl sites for hydroxylation is 1. The van der Waals surface area contributed by atoms with Crippen molar-refractivity contribution in [3.8, 4) is 0 Å². The van der Waals surface area contributed by atoms with Crippen molar-refractivity contribution < 1.29 is 9.53 Å². The van der Waals surface area contributed by atoms with E-state index >= 15 is 0 Å².